The Morgan fingerprint density at radius 3 is 2.67 bits per heavy atom. The van der Waals surface area contributed by atoms with Crippen LogP contribution in [0.2, 0.25) is 5.02 Å². The first-order valence-corrected chi connectivity index (χ1v) is 4.60. The first-order valence-electron chi connectivity index (χ1n) is 3.10. The summed E-state index contributed by atoms with van der Waals surface area (Å²) in [5, 5.41) is 4.81. The Bertz CT molecular complexity index is 254. The van der Waals surface area contributed by atoms with Crippen LogP contribution in [-0.4, -0.2) is 10.5 Å². The molecule has 0 saturated carbocycles. The fourth-order valence-corrected chi connectivity index (χ4v) is 1.18. The lowest BCUT2D eigenvalue weighted by Crippen LogP contribution is -2.10. The normalized spacial score (nSPS) is 12.3. The van der Waals surface area contributed by atoms with E-state index >= 15 is 0 Å². The summed E-state index contributed by atoms with van der Waals surface area (Å²) in [7, 11) is 0. The third-order valence-electron chi connectivity index (χ3n) is 1.32. The Kier molecular flexibility index (Phi) is 5.16. The number of hydrogen-bond acceptors (Lipinski definition) is 3. The van der Waals surface area contributed by atoms with Crippen molar-refractivity contribution in [2.75, 3.05) is 5.33 Å². The SMILES string of the molecule is Cc1noc(C(N)CBr)c1Cl.Cl. The van der Waals surface area contributed by atoms with E-state index in [0.717, 1.165) is 0 Å². The minimum absolute atomic E-state index is 0. The van der Waals surface area contributed by atoms with Gasteiger partial charge in [-0.25, -0.2) is 0 Å². The number of alkyl halides is 1. The molecule has 0 bridgehead atoms. The quantitative estimate of drug-likeness (QED) is 0.844. The molecule has 1 aromatic heterocycles. The van der Waals surface area contributed by atoms with Crippen LogP contribution in [0.15, 0.2) is 4.52 Å². The molecule has 0 aromatic carbocycles. The standard InChI is InChI=1S/C6H8BrClN2O.ClH/c1-3-5(8)6(11-10-3)4(9)2-7;/h4H,2,9H2,1H3;1H. The summed E-state index contributed by atoms with van der Waals surface area (Å²) >= 11 is 9.05. The highest BCUT2D eigenvalue weighted by Gasteiger charge is 2.16. The summed E-state index contributed by atoms with van der Waals surface area (Å²) < 4.78 is 4.91. The van der Waals surface area contributed by atoms with Crippen LogP contribution in [0.4, 0.5) is 0 Å². The molecule has 0 aliphatic carbocycles. The summed E-state index contributed by atoms with van der Waals surface area (Å²) in [5.41, 5.74) is 6.32. The van der Waals surface area contributed by atoms with E-state index in [2.05, 4.69) is 21.1 Å². The molecular formula is C6H9BrCl2N2O. The lowest BCUT2D eigenvalue weighted by molar-refractivity contribution is 0.366. The minimum Gasteiger partial charge on any atom is -0.358 e. The summed E-state index contributed by atoms with van der Waals surface area (Å²) in [4.78, 5) is 0. The maximum absolute atomic E-state index is 5.83. The van der Waals surface area contributed by atoms with E-state index in [1.807, 2.05) is 0 Å². The molecule has 0 aliphatic heterocycles. The second-order valence-corrected chi connectivity index (χ2v) is 3.23. The van der Waals surface area contributed by atoms with Crippen LogP contribution in [0.5, 0.6) is 0 Å². The molecule has 1 unspecified atom stereocenters. The van der Waals surface area contributed by atoms with Gasteiger partial charge in [-0.05, 0) is 6.92 Å². The number of hydrogen-bond donors (Lipinski definition) is 1. The average molecular weight is 276 g/mol. The van der Waals surface area contributed by atoms with Crippen LogP contribution in [0.3, 0.4) is 0 Å². The van der Waals surface area contributed by atoms with Gasteiger partial charge in [-0.2, -0.15) is 0 Å². The zero-order valence-corrected chi connectivity index (χ0v) is 9.54. The molecule has 0 radical (unpaired) electrons. The third kappa shape index (κ3) is 2.36. The summed E-state index contributed by atoms with van der Waals surface area (Å²) in [6.45, 7) is 1.77. The summed E-state index contributed by atoms with van der Waals surface area (Å²) in [5.74, 6) is 0.543. The lowest BCUT2D eigenvalue weighted by Gasteiger charge is -2.01. The molecule has 0 fully saturated rings. The topological polar surface area (TPSA) is 52.0 Å². The predicted octanol–water partition coefficient (Wildman–Crippen LogP) is 2.45. The first-order chi connectivity index (χ1) is 5.16. The molecule has 0 saturated heterocycles. The van der Waals surface area contributed by atoms with Crippen LogP contribution >= 0.6 is 39.9 Å². The van der Waals surface area contributed by atoms with Crippen molar-refractivity contribution in [1.82, 2.24) is 5.16 Å². The van der Waals surface area contributed by atoms with E-state index in [-0.39, 0.29) is 18.4 Å². The van der Waals surface area contributed by atoms with Gasteiger partial charge in [0.2, 0.25) is 0 Å². The highest BCUT2D eigenvalue weighted by atomic mass is 79.9. The molecular weight excluding hydrogens is 267 g/mol. The molecule has 0 aliphatic rings. The van der Waals surface area contributed by atoms with E-state index in [9.17, 15) is 0 Å². The molecule has 6 heteroatoms. The van der Waals surface area contributed by atoms with Gasteiger partial charge in [0.15, 0.2) is 5.76 Å². The number of aryl methyl sites for hydroxylation is 1. The fourth-order valence-electron chi connectivity index (χ4n) is 0.677. The molecule has 0 spiro atoms. The summed E-state index contributed by atoms with van der Waals surface area (Å²) in [6, 6.07) is -0.219. The molecule has 70 valence electrons. The highest BCUT2D eigenvalue weighted by molar-refractivity contribution is 9.09. The van der Waals surface area contributed by atoms with Crippen molar-refractivity contribution in [3.8, 4) is 0 Å². The van der Waals surface area contributed by atoms with Crippen molar-refractivity contribution < 1.29 is 4.52 Å². The molecule has 12 heavy (non-hydrogen) atoms. The van der Waals surface area contributed by atoms with Gasteiger partial charge in [-0.3, -0.25) is 0 Å². The van der Waals surface area contributed by atoms with Gasteiger partial charge < -0.3 is 10.3 Å². The number of rotatable bonds is 2. The van der Waals surface area contributed by atoms with Gasteiger partial charge in [-0.1, -0.05) is 32.7 Å². The number of aromatic nitrogens is 1. The Morgan fingerprint density at radius 2 is 2.33 bits per heavy atom. The molecule has 0 amide bonds. The van der Waals surface area contributed by atoms with Gasteiger partial charge in [0.25, 0.3) is 0 Å². The van der Waals surface area contributed by atoms with Crippen LogP contribution in [-0.2, 0) is 0 Å². The van der Waals surface area contributed by atoms with Crippen LogP contribution in [0.1, 0.15) is 17.5 Å². The molecule has 1 aromatic rings. The Balaban J connectivity index is 0.00000121. The second-order valence-electron chi connectivity index (χ2n) is 2.21. The highest BCUT2D eigenvalue weighted by Crippen LogP contribution is 2.25. The van der Waals surface area contributed by atoms with E-state index in [4.69, 9.17) is 21.9 Å². The maximum atomic E-state index is 5.83. The van der Waals surface area contributed by atoms with Gasteiger partial charge in [0.05, 0.1) is 11.7 Å². The fraction of sp³-hybridized carbons (Fsp3) is 0.500. The number of nitrogens with zero attached hydrogens (tertiary/aromatic N) is 1. The predicted molar refractivity (Wildman–Crippen MR) is 54.2 cm³/mol. The van der Waals surface area contributed by atoms with Crippen molar-refractivity contribution in [3.63, 3.8) is 0 Å². The Hall–Kier alpha value is 0.230. The molecule has 3 nitrogen and oxygen atoms in total. The van der Waals surface area contributed by atoms with Crippen molar-refractivity contribution >= 4 is 39.9 Å². The average Bonchev–Trinajstić information content (AvgIpc) is 2.32. The van der Waals surface area contributed by atoms with E-state index in [1.54, 1.807) is 6.92 Å². The smallest absolute Gasteiger partial charge is 0.173 e. The number of halogens is 3. The minimum atomic E-state index is -0.219. The third-order valence-corrected chi connectivity index (χ3v) is 2.48. The molecule has 1 rings (SSSR count). The van der Waals surface area contributed by atoms with Crippen molar-refractivity contribution in [1.29, 1.82) is 0 Å². The van der Waals surface area contributed by atoms with Gasteiger partial charge in [-0.15, -0.1) is 12.4 Å². The van der Waals surface area contributed by atoms with Crippen LogP contribution in [0.25, 0.3) is 0 Å². The van der Waals surface area contributed by atoms with Crippen LogP contribution < -0.4 is 5.73 Å². The number of nitrogens with two attached hydrogens (primary N) is 1. The summed E-state index contributed by atoms with van der Waals surface area (Å²) in [6.07, 6.45) is 0. The van der Waals surface area contributed by atoms with Crippen molar-refractivity contribution in [2.45, 2.75) is 13.0 Å². The first kappa shape index (κ1) is 12.2. The Labute approximate surface area is 90.2 Å². The molecule has 2 N–H and O–H groups in total. The maximum Gasteiger partial charge on any atom is 0.173 e. The largest absolute Gasteiger partial charge is 0.358 e. The van der Waals surface area contributed by atoms with Crippen molar-refractivity contribution in [3.05, 3.63) is 16.5 Å². The molecule has 1 atom stereocenters. The van der Waals surface area contributed by atoms with E-state index in [1.165, 1.54) is 0 Å². The molecule has 1 heterocycles. The van der Waals surface area contributed by atoms with Crippen LogP contribution in [0, 0.1) is 6.92 Å². The second kappa shape index (κ2) is 5.07. The zero-order valence-electron chi connectivity index (χ0n) is 6.38. The van der Waals surface area contributed by atoms with E-state index in [0.29, 0.717) is 21.8 Å². The lowest BCUT2D eigenvalue weighted by atomic mass is 10.2. The monoisotopic (exact) mass is 274 g/mol. The van der Waals surface area contributed by atoms with Crippen molar-refractivity contribution in [2.24, 2.45) is 5.73 Å². The van der Waals surface area contributed by atoms with Gasteiger partial charge >= 0.3 is 0 Å². The van der Waals surface area contributed by atoms with Gasteiger partial charge in [0.1, 0.15) is 5.02 Å². The van der Waals surface area contributed by atoms with E-state index < -0.39 is 0 Å². The van der Waals surface area contributed by atoms with Gasteiger partial charge in [0, 0.05) is 5.33 Å². The zero-order chi connectivity index (χ0) is 8.43. The Morgan fingerprint density at radius 1 is 1.75 bits per heavy atom.